The van der Waals surface area contributed by atoms with Crippen molar-refractivity contribution < 1.29 is 0 Å². The highest BCUT2D eigenvalue weighted by Gasteiger charge is 2.04. The first-order chi connectivity index (χ1) is 12.3. The summed E-state index contributed by atoms with van der Waals surface area (Å²) in [7, 11) is 1.81. The molecule has 2 aromatic rings. The van der Waals surface area contributed by atoms with Gasteiger partial charge in [0.2, 0.25) is 0 Å². The number of allylic oxidation sites excluding steroid dienone is 1. The van der Waals surface area contributed by atoms with Gasteiger partial charge in [0.25, 0.3) is 0 Å². The molecule has 1 aliphatic carbocycles. The highest BCUT2D eigenvalue weighted by Crippen LogP contribution is 2.19. The molecule has 0 radical (unpaired) electrons. The van der Waals surface area contributed by atoms with Gasteiger partial charge in [-0.2, -0.15) is 5.10 Å². The van der Waals surface area contributed by atoms with Crippen LogP contribution in [-0.2, 0) is 6.54 Å². The second-order valence-corrected chi connectivity index (χ2v) is 6.22. The fraction of sp³-hybridized carbons (Fsp3) is 0.421. The van der Waals surface area contributed by atoms with E-state index < -0.39 is 0 Å². The van der Waals surface area contributed by atoms with Crippen molar-refractivity contribution in [1.82, 2.24) is 25.4 Å². The number of aliphatic imine (C=N–C) groups is 1. The van der Waals surface area contributed by atoms with E-state index in [9.17, 15) is 0 Å². The Morgan fingerprint density at radius 3 is 2.76 bits per heavy atom. The Bertz CT molecular complexity index is 700. The lowest BCUT2D eigenvalue weighted by Gasteiger charge is -2.15. The van der Waals surface area contributed by atoms with E-state index in [2.05, 4.69) is 43.9 Å². The predicted molar refractivity (Wildman–Crippen MR) is 101 cm³/mol. The molecule has 132 valence electrons. The van der Waals surface area contributed by atoms with Crippen LogP contribution in [0.1, 0.15) is 37.7 Å². The number of aromatic nitrogens is 3. The van der Waals surface area contributed by atoms with Gasteiger partial charge in [0, 0.05) is 20.1 Å². The Hall–Kier alpha value is -2.63. The molecule has 0 amide bonds. The summed E-state index contributed by atoms with van der Waals surface area (Å²) in [4.78, 5) is 8.26. The fourth-order valence-electron chi connectivity index (χ4n) is 2.99. The third-order valence-electron chi connectivity index (χ3n) is 4.43. The van der Waals surface area contributed by atoms with Crippen molar-refractivity contribution in [3.8, 4) is 5.69 Å². The second-order valence-electron chi connectivity index (χ2n) is 6.22. The molecular weight excluding hydrogens is 312 g/mol. The average Bonchev–Trinajstić information content (AvgIpc) is 3.20. The highest BCUT2D eigenvalue weighted by molar-refractivity contribution is 5.79. The zero-order valence-electron chi connectivity index (χ0n) is 14.8. The molecule has 25 heavy (non-hydrogen) atoms. The quantitative estimate of drug-likeness (QED) is 0.483. The normalized spacial score (nSPS) is 14.9. The monoisotopic (exact) mass is 338 g/mol. The van der Waals surface area contributed by atoms with Gasteiger partial charge in [-0.3, -0.25) is 4.99 Å². The van der Waals surface area contributed by atoms with Crippen LogP contribution in [0, 0.1) is 0 Å². The summed E-state index contributed by atoms with van der Waals surface area (Å²) in [6.07, 6.45) is 11.9. The molecule has 1 aromatic heterocycles. The van der Waals surface area contributed by atoms with Crippen LogP contribution < -0.4 is 10.6 Å². The maximum Gasteiger partial charge on any atom is 0.191 e. The molecule has 1 aliphatic rings. The molecule has 0 aliphatic heterocycles. The van der Waals surface area contributed by atoms with E-state index in [4.69, 9.17) is 0 Å². The third-order valence-corrected chi connectivity index (χ3v) is 4.43. The maximum absolute atomic E-state index is 4.30. The van der Waals surface area contributed by atoms with Crippen molar-refractivity contribution in [3.63, 3.8) is 0 Å². The number of hydrogen-bond acceptors (Lipinski definition) is 3. The first-order valence-electron chi connectivity index (χ1n) is 8.91. The smallest absolute Gasteiger partial charge is 0.191 e. The van der Waals surface area contributed by atoms with Gasteiger partial charge in [0.05, 0.1) is 5.69 Å². The lowest BCUT2D eigenvalue weighted by molar-refractivity contribution is 0.665. The average molecular weight is 338 g/mol. The molecule has 6 nitrogen and oxygen atoms in total. The molecule has 3 rings (SSSR count). The van der Waals surface area contributed by atoms with E-state index in [1.807, 2.05) is 19.2 Å². The minimum atomic E-state index is 0.736. The fourth-order valence-corrected chi connectivity index (χ4v) is 2.99. The molecule has 0 saturated heterocycles. The van der Waals surface area contributed by atoms with Crippen LogP contribution in [0.15, 0.2) is 53.6 Å². The maximum atomic E-state index is 4.30. The molecule has 0 saturated carbocycles. The van der Waals surface area contributed by atoms with Crippen LogP contribution in [-0.4, -0.2) is 34.3 Å². The Balaban J connectivity index is 1.43. The molecule has 0 spiro atoms. The largest absolute Gasteiger partial charge is 0.356 e. The summed E-state index contributed by atoms with van der Waals surface area (Å²) in [5.41, 5.74) is 3.78. The summed E-state index contributed by atoms with van der Waals surface area (Å²) in [5, 5.41) is 10.9. The van der Waals surface area contributed by atoms with Gasteiger partial charge in [-0.15, -0.1) is 0 Å². The molecule has 1 heterocycles. The van der Waals surface area contributed by atoms with E-state index in [1.165, 1.54) is 37.6 Å². The predicted octanol–water partition coefficient (Wildman–Crippen LogP) is 2.82. The summed E-state index contributed by atoms with van der Waals surface area (Å²) in [6.45, 7) is 1.66. The molecular formula is C19H26N6. The number of benzene rings is 1. The zero-order valence-corrected chi connectivity index (χ0v) is 14.8. The molecule has 1 aromatic carbocycles. The number of hydrogen-bond donors (Lipinski definition) is 2. The summed E-state index contributed by atoms with van der Waals surface area (Å²) in [5.74, 6) is 0.844. The minimum absolute atomic E-state index is 0.736. The van der Waals surface area contributed by atoms with Crippen LogP contribution >= 0.6 is 0 Å². The minimum Gasteiger partial charge on any atom is -0.356 e. The lowest BCUT2D eigenvalue weighted by atomic mass is 9.97. The van der Waals surface area contributed by atoms with E-state index in [0.717, 1.165) is 31.2 Å². The van der Waals surface area contributed by atoms with Gasteiger partial charge in [-0.25, -0.2) is 9.67 Å². The van der Waals surface area contributed by atoms with Gasteiger partial charge in [-0.1, -0.05) is 23.8 Å². The SMILES string of the molecule is CN=C(NCCC1=CCCCC1)NCc1ccc(-n2cncn2)cc1. The Kier molecular flexibility index (Phi) is 6.20. The van der Waals surface area contributed by atoms with E-state index >= 15 is 0 Å². The number of nitrogens with zero attached hydrogens (tertiary/aromatic N) is 4. The Morgan fingerprint density at radius 2 is 2.08 bits per heavy atom. The van der Waals surface area contributed by atoms with Crippen molar-refractivity contribution in [2.45, 2.75) is 38.6 Å². The molecule has 0 bridgehead atoms. The van der Waals surface area contributed by atoms with Gasteiger partial charge >= 0.3 is 0 Å². The van der Waals surface area contributed by atoms with Crippen molar-refractivity contribution in [1.29, 1.82) is 0 Å². The number of guanidine groups is 1. The summed E-state index contributed by atoms with van der Waals surface area (Å²) >= 11 is 0. The standard InChI is InChI=1S/C19H26N6/c1-20-19(22-12-11-16-5-3-2-4-6-16)23-13-17-7-9-18(10-8-17)25-15-21-14-24-25/h5,7-10,14-15H,2-4,6,11-13H2,1H3,(H2,20,22,23). The number of rotatable bonds is 6. The molecule has 0 unspecified atom stereocenters. The van der Waals surface area contributed by atoms with E-state index in [1.54, 1.807) is 16.6 Å². The lowest BCUT2D eigenvalue weighted by Crippen LogP contribution is -2.37. The Labute approximate surface area is 149 Å². The van der Waals surface area contributed by atoms with Crippen molar-refractivity contribution in [2.75, 3.05) is 13.6 Å². The van der Waals surface area contributed by atoms with Crippen LogP contribution in [0.5, 0.6) is 0 Å². The van der Waals surface area contributed by atoms with Gasteiger partial charge in [0.1, 0.15) is 12.7 Å². The van der Waals surface area contributed by atoms with Crippen LogP contribution in [0.4, 0.5) is 0 Å². The molecule has 6 heteroatoms. The first kappa shape index (κ1) is 17.2. The molecule has 0 atom stereocenters. The van der Waals surface area contributed by atoms with Crippen LogP contribution in [0.2, 0.25) is 0 Å². The molecule has 0 fully saturated rings. The van der Waals surface area contributed by atoms with Crippen molar-refractivity contribution in [2.24, 2.45) is 4.99 Å². The first-order valence-corrected chi connectivity index (χ1v) is 8.91. The third kappa shape index (κ3) is 5.17. The van der Waals surface area contributed by atoms with Crippen molar-refractivity contribution >= 4 is 5.96 Å². The van der Waals surface area contributed by atoms with Gasteiger partial charge in [-0.05, 0) is 49.8 Å². The van der Waals surface area contributed by atoms with Crippen molar-refractivity contribution in [3.05, 3.63) is 54.1 Å². The topological polar surface area (TPSA) is 67.1 Å². The van der Waals surface area contributed by atoms with Gasteiger partial charge < -0.3 is 10.6 Å². The number of nitrogens with one attached hydrogen (secondary N) is 2. The highest BCUT2D eigenvalue weighted by atomic mass is 15.3. The van der Waals surface area contributed by atoms with E-state index in [0.29, 0.717) is 0 Å². The second kappa shape index (κ2) is 9.01. The summed E-state index contributed by atoms with van der Waals surface area (Å²) in [6, 6.07) is 8.25. The van der Waals surface area contributed by atoms with Crippen LogP contribution in [0.3, 0.4) is 0 Å². The Morgan fingerprint density at radius 1 is 1.20 bits per heavy atom. The van der Waals surface area contributed by atoms with Crippen LogP contribution in [0.25, 0.3) is 5.69 Å². The zero-order chi connectivity index (χ0) is 17.3. The van der Waals surface area contributed by atoms with E-state index in [-0.39, 0.29) is 0 Å². The summed E-state index contributed by atoms with van der Waals surface area (Å²) < 4.78 is 1.75. The van der Waals surface area contributed by atoms with Gasteiger partial charge in [0.15, 0.2) is 5.96 Å². The molecule has 2 N–H and O–H groups in total.